The van der Waals surface area contributed by atoms with Crippen molar-refractivity contribution in [1.82, 2.24) is 6.15 Å². The number of anilines is 2. The molecule has 10 heteroatoms. The highest BCUT2D eigenvalue weighted by Crippen LogP contribution is 2.33. The molecule has 0 atom stereocenters. The number of hydrazone groups is 1. The summed E-state index contributed by atoms with van der Waals surface area (Å²) in [6.45, 7) is 1.68. The molecule has 1 aliphatic rings. The molecule has 0 unspecified atom stereocenters. The smallest absolute Gasteiger partial charge is 0.294 e. The van der Waals surface area contributed by atoms with Gasteiger partial charge in [-0.15, -0.1) is 0 Å². The van der Waals surface area contributed by atoms with Gasteiger partial charge in [-0.05, 0) is 48.9 Å². The van der Waals surface area contributed by atoms with Crippen LogP contribution < -0.4 is 16.1 Å². The average molecular weight is 437 g/mol. The SMILES string of the molecule is CC1=NN(c2cc(S(=O)(=O)O)ccc2Cl)C(=O)C1=Cc1ccc(N(C)C)cc1.N. The van der Waals surface area contributed by atoms with Gasteiger partial charge in [0, 0.05) is 19.8 Å². The third-order valence-electron chi connectivity index (χ3n) is 4.23. The number of benzene rings is 2. The Morgan fingerprint density at radius 1 is 1.14 bits per heavy atom. The molecule has 0 aliphatic carbocycles. The summed E-state index contributed by atoms with van der Waals surface area (Å²) in [4.78, 5) is 14.5. The van der Waals surface area contributed by atoms with E-state index in [0.29, 0.717) is 11.3 Å². The van der Waals surface area contributed by atoms with E-state index in [0.717, 1.165) is 28.4 Å². The molecule has 0 aromatic heterocycles. The number of hydrogen-bond donors (Lipinski definition) is 2. The second kappa shape index (κ2) is 8.34. The van der Waals surface area contributed by atoms with E-state index >= 15 is 0 Å². The van der Waals surface area contributed by atoms with Crippen molar-refractivity contribution in [3.05, 3.63) is 58.6 Å². The topological polar surface area (TPSA) is 125 Å². The van der Waals surface area contributed by atoms with Gasteiger partial charge in [0.25, 0.3) is 16.0 Å². The maximum Gasteiger partial charge on any atom is 0.294 e. The third kappa shape index (κ3) is 4.65. The quantitative estimate of drug-likeness (QED) is 0.556. The Morgan fingerprint density at radius 2 is 1.76 bits per heavy atom. The lowest BCUT2D eigenvalue weighted by Crippen LogP contribution is -2.22. The van der Waals surface area contributed by atoms with Gasteiger partial charge in [-0.1, -0.05) is 23.7 Å². The van der Waals surface area contributed by atoms with Crippen molar-refractivity contribution in [1.29, 1.82) is 0 Å². The molecule has 3 rings (SSSR count). The number of carbonyl (C=O) groups excluding carboxylic acids is 1. The van der Waals surface area contributed by atoms with Crippen LogP contribution in [-0.4, -0.2) is 38.7 Å². The van der Waals surface area contributed by atoms with Gasteiger partial charge in [0.2, 0.25) is 0 Å². The molecule has 0 radical (unpaired) electrons. The van der Waals surface area contributed by atoms with E-state index in [1.54, 1.807) is 13.0 Å². The monoisotopic (exact) mass is 436 g/mol. The predicted octanol–water partition coefficient (Wildman–Crippen LogP) is 3.62. The van der Waals surface area contributed by atoms with Crippen LogP contribution in [0.15, 0.2) is 58.0 Å². The summed E-state index contributed by atoms with van der Waals surface area (Å²) >= 11 is 6.13. The van der Waals surface area contributed by atoms with Crippen LogP contribution in [0.4, 0.5) is 11.4 Å². The number of halogens is 1. The molecule has 1 amide bonds. The number of carbonyl (C=O) groups is 1. The van der Waals surface area contributed by atoms with Crippen molar-refractivity contribution >= 4 is 50.8 Å². The Balaban J connectivity index is 0.00000300. The molecule has 29 heavy (non-hydrogen) atoms. The number of rotatable bonds is 4. The zero-order chi connectivity index (χ0) is 20.6. The number of nitrogens with zero attached hydrogens (tertiary/aromatic N) is 3. The summed E-state index contributed by atoms with van der Waals surface area (Å²) < 4.78 is 32.0. The van der Waals surface area contributed by atoms with Crippen molar-refractivity contribution in [3.63, 3.8) is 0 Å². The lowest BCUT2D eigenvalue weighted by molar-refractivity contribution is -0.114. The van der Waals surface area contributed by atoms with E-state index in [9.17, 15) is 17.8 Å². The minimum absolute atomic E-state index is 0. The number of amides is 1. The Hall–Kier alpha value is -2.72. The minimum atomic E-state index is -4.44. The van der Waals surface area contributed by atoms with Crippen LogP contribution >= 0.6 is 11.6 Å². The molecule has 0 spiro atoms. The van der Waals surface area contributed by atoms with Gasteiger partial charge in [0.15, 0.2) is 0 Å². The third-order valence-corrected chi connectivity index (χ3v) is 5.40. The Bertz CT molecular complexity index is 1110. The van der Waals surface area contributed by atoms with Crippen molar-refractivity contribution in [2.45, 2.75) is 11.8 Å². The zero-order valence-electron chi connectivity index (χ0n) is 16.1. The molecule has 0 bridgehead atoms. The predicted molar refractivity (Wildman–Crippen MR) is 116 cm³/mol. The van der Waals surface area contributed by atoms with Crippen molar-refractivity contribution in [3.8, 4) is 0 Å². The molecule has 154 valence electrons. The second-order valence-corrected chi connectivity index (χ2v) is 8.26. The van der Waals surface area contributed by atoms with Gasteiger partial charge in [-0.3, -0.25) is 9.35 Å². The fourth-order valence-corrected chi connectivity index (χ4v) is 3.40. The molecule has 0 saturated carbocycles. The molecular formula is C19H21ClN4O4S. The largest absolute Gasteiger partial charge is 0.378 e. The van der Waals surface area contributed by atoms with E-state index in [1.807, 2.05) is 43.3 Å². The molecule has 1 aliphatic heterocycles. The van der Waals surface area contributed by atoms with Crippen LogP contribution in [0.1, 0.15) is 12.5 Å². The summed E-state index contributed by atoms with van der Waals surface area (Å²) in [5.74, 6) is -0.441. The summed E-state index contributed by atoms with van der Waals surface area (Å²) in [6.07, 6.45) is 1.71. The molecule has 0 fully saturated rings. The molecule has 2 aromatic carbocycles. The summed E-state index contributed by atoms with van der Waals surface area (Å²) in [7, 11) is -0.564. The van der Waals surface area contributed by atoms with E-state index in [2.05, 4.69) is 5.10 Å². The van der Waals surface area contributed by atoms with E-state index in [1.165, 1.54) is 6.07 Å². The molecule has 8 nitrogen and oxygen atoms in total. The van der Waals surface area contributed by atoms with E-state index in [-0.39, 0.29) is 21.8 Å². The van der Waals surface area contributed by atoms with Gasteiger partial charge in [-0.2, -0.15) is 18.5 Å². The lowest BCUT2D eigenvalue weighted by atomic mass is 10.1. The van der Waals surface area contributed by atoms with Gasteiger partial charge in [0.1, 0.15) is 0 Å². The van der Waals surface area contributed by atoms with Crippen molar-refractivity contribution < 1.29 is 17.8 Å². The fourth-order valence-electron chi connectivity index (χ4n) is 2.70. The standard InChI is InChI=1S/C19H18ClN3O4S.H3N/c1-12-16(10-13-4-6-14(7-5-13)22(2)3)19(24)23(21-12)18-11-15(28(25,26)27)8-9-17(18)20;/h4-11H,1-3H3,(H,25,26,27);1H3. The van der Waals surface area contributed by atoms with Crippen molar-refractivity contribution in [2.24, 2.45) is 5.10 Å². The molecular weight excluding hydrogens is 416 g/mol. The van der Waals surface area contributed by atoms with Gasteiger partial charge < -0.3 is 11.1 Å². The first-order valence-corrected chi connectivity index (χ1v) is 10.1. The first-order valence-electron chi connectivity index (χ1n) is 8.24. The fraction of sp³-hybridized carbons (Fsp3) is 0.158. The number of hydrogen-bond acceptors (Lipinski definition) is 6. The maximum absolute atomic E-state index is 12.9. The summed E-state index contributed by atoms with van der Waals surface area (Å²) in [6, 6.07) is 11.2. The average Bonchev–Trinajstić information content (AvgIpc) is 2.89. The van der Waals surface area contributed by atoms with Gasteiger partial charge in [0.05, 0.1) is 26.9 Å². The van der Waals surface area contributed by atoms with Gasteiger partial charge in [-0.25, -0.2) is 0 Å². The lowest BCUT2D eigenvalue weighted by Gasteiger charge is -2.14. The van der Waals surface area contributed by atoms with Crippen LogP contribution in [0, 0.1) is 0 Å². The summed E-state index contributed by atoms with van der Waals surface area (Å²) in [5, 5.41) is 5.38. The zero-order valence-corrected chi connectivity index (χ0v) is 17.7. The molecule has 2 aromatic rings. The van der Waals surface area contributed by atoms with Crippen LogP contribution in [0.3, 0.4) is 0 Å². The van der Waals surface area contributed by atoms with Crippen LogP contribution in [-0.2, 0) is 14.9 Å². The van der Waals surface area contributed by atoms with Crippen LogP contribution in [0.5, 0.6) is 0 Å². The second-order valence-electron chi connectivity index (χ2n) is 6.43. The minimum Gasteiger partial charge on any atom is -0.378 e. The Labute approximate surface area is 174 Å². The highest BCUT2D eigenvalue weighted by atomic mass is 35.5. The van der Waals surface area contributed by atoms with Gasteiger partial charge >= 0.3 is 0 Å². The highest BCUT2D eigenvalue weighted by molar-refractivity contribution is 7.85. The Kier molecular flexibility index (Phi) is 6.49. The summed E-state index contributed by atoms with van der Waals surface area (Å²) in [5.41, 5.74) is 2.76. The van der Waals surface area contributed by atoms with Crippen LogP contribution in [0.2, 0.25) is 5.02 Å². The Morgan fingerprint density at radius 3 is 2.31 bits per heavy atom. The van der Waals surface area contributed by atoms with Crippen molar-refractivity contribution in [2.75, 3.05) is 24.0 Å². The maximum atomic E-state index is 12.9. The highest BCUT2D eigenvalue weighted by Gasteiger charge is 2.30. The molecule has 4 N–H and O–H groups in total. The van der Waals surface area contributed by atoms with E-state index < -0.39 is 16.0 Å². The molecule has 0 saturated heterocycles. The normalized spacial score (nSPS) is 15.3. The molecule has 1 heterocycles. The first-order chi connectivity index (χ1) is 13.1. The van der Waals surface area contributed by atoms with Crippen LogP contribution in [0.25, 0.3) is 6.08 Å². The first kappa shape index (κ1) is 22.6. The van der Waals surface area contributed by atoms with E-state index in [4.69, 9.17) is 11.6 Å².